The second kappa shape index (κ2) is 5.82. The predicted octanol–water partition coefficient (Wildman–Crippen LogP) is 3.15. The zero-order valence-electron chi connectivity index (χ0n) is 13.1. The standard InChI is InChI=1S/C19H16N4O/c20-12-17-16-7-6-14-4-1-2-5-15(14)18(16)19(24)23(17)10-3-9-22-11-8-21-13-22/h1-2,4-8,11,13,17H,3,9-10H2. The average molecular weight is 316 g/mol. The van der Waals surface area contributed by atoms with E-state index in [4.69, 9.17) is 0 Å². The van der Waals surface area contributed by atoms with Gasteiger partial charge in [0.05, 0.1) is 18.0 Å². The lowest BCUT2D eigenvalue weighted by molar-refractivity contribution is 0.0755. The molecule has 24 heavy (non-hydrogen) atoms. The van der Waals surface area contributed by atoms with Crippen LogP contribution < -0.4 is 0 Å². The molecule has 0 fully saturated rings. The zero-order chi connectivity index (χ0) is 16.5. The largest absolute Gasteiger partial charge is 0.337 e. The molecule has 1 atom stereocenters. The third-order valence-corrected chi connectivity index (χ3v) is 4.54. The van der Waals surface area contributed by atoms with E-state index in [1.807, 2.05) is 47.2 Å². The van der Waals surface area contributed by atoms with Crippen LogP contribution >= 0.6 is 0 Å². The Morgan fingerprint density at radius 1 is 1.17 bits per heavy atom. The SMILES string of the molecule is N#CC1c2ccc3ccccc3c2C(=O)N1CCCn1ccnc1. The van der Waals surface area contributed by atoms with Gasteiger partial charge in [0.25, 0.3) is 5.91 Å². The Bertz CT molecular complexity index is 940. The summed E-state index contributed by atoms with van der Waals surface area (Å²) < 4.78 is 1.98. The van der Waals surface area contributed by atoms with Gasteiger partial charge >= 0.3 is 0 Å². The molecule has 0 saturated heterocycles. The molecule has 2 aromatic carbocycles. The molecule has 0 N–H and O–H groups in total. The lowest BCUT2D eigenvalue weighted by atomic mass is 9.98. The summed E-state index contributed by atoms with van der Waals surface area (Å²) in [5.74, 6) is -0.0426. The van der Waals surface area contributed by atoms with E-state index in [0.717, 1.165) is 29.3 Å². The number of aryl methyl sites for hydroxylation is 1. The molecule has 0 aliphatic carbocycles. The Labute approximate surface area is 139 Å². The quantitative estimate of drug-likeness (QED) is 0.743. The molecular weight excluding hydrogens is 300 g/mol. The van der Waals surface area contributed by atoms with Crippen LogP contribution in [0, 0.1) is 11.3 Å². The van der Waals surface area contributed by atoms with Gasteiger partial charge < -0.3 is 9.47 Å². The number of carbonyl (C=O) groups excluding carboxylic acids is 1. The molecule has 5 nitrogen and oxygen atoms in total. The number of fused-ring (bicyclic) bond motifs is 3. The Hall–Kier alpha value is -3.13. The monoisotopic (exact) mass is 316 g/mol. The van der Waals surface area contributed by atoms with Crippen LogP contribution in [0.5, 0.6) is 0 Å². The van der Waals surface area contributed by atoms with Gasteiger partial charge in [0.2, 0.25) is 0 Å². The number of carbonyl (C=O) groups is 1. The number of nitriles is 1. The number of amides is 1. The van der Waals surface area contributed by atoms with E-state index in [2.05, 4.69) is 11.1 Å². The second-order valence-corrected chi connectivity index (χ2v) is 5.94. The van der Waals surface area contributed by atoms with E-state index in [9.17, 15) is 10.1 Å². The summed E-state index contributed by atoms with van der Waals surface area (Å²) in [7, 11) is 0. The Balaban J connectivity index is 1.63. The fraction of sp³-hybridized carbons (Fsp3) is 0.211. The van der Waals surface area contributed by atoms with Gasteiger partial charge in [-0.1, -0.05) is 36.4 Å². The Kier molecular flexibility index (Phi) is 3.51. The van der Waals surface area contributed by atoms with Crippen molar-refractivity contribution in [2.45, 2.75) is 19.0 Å². The summed E-state index contributed by atoms with van der Waals surface area (Å²) in [4.78, 5) is 18.6. The zero-order valence-corrected chi connectivity index (χ0v) is 13.1. The van der Waals surface area contributed by atoms with Gasteiger partial charge in [-0.2, -0.15) is 5.26 Å². The van der Waals surface area contributed by atoms with E-state index < -0.39 is 6.04 Å². The minimum atomic E-state index is -0.500. The summed E-state index contributed by atoms with van der Waals surface area (Å²) in [6.07, 6.45) is 6.18. The lowest BCUT2D eigenvalue weighted by Crippen LogP contribution is -2.29. The van der Waals surface area contributed by atoms with E-state index in [-0.39, 0.29) is 5.91 Å². The molecule has 2 heterocycles. The first-order valence-electron chi connectivity index (χ1n) is 7.97. The molecule has 1 aromatic heterocycles. The molecule has 5 heteroatoms. The molecule has 0 spiro atoms. The van der Waals surface area contributed by atoms with E-state index in [1.165, 1.54) is 0 Å². The molecule has 118 valence electrons. The van der Waals surface area contributed by atoms with Gasteiger partial charge in [-0.3, -0.25) is 4.79 Å². The van der Waals surface area contributed by atoms with Gasteiger partial charge in [-0.05, 0) is 17.2 Å². The summed E-state index contributed by atoms with van der Waals surface area (Å²) in [5, 5.41) is 11.6. The minimum absolute atomic E-state index is 0.0426. The first kappa shape index (κ1) is 14.5. The highest BCUT2D eigenvalue weighted by Gasteiger charge is 2.37. The number of benzene rings is 2. The molecule has 4 rings (SSSR count). The van der Waals surface area contributed by atoms with Crippen molar-refractivity contribution in [1.29, 1.82) is 5.26 Å². The highest BCUT2D eigenvalue weighted by Crippen LogP contribution is 2.37. The van der Waals surface area contributed by atoms with Crippen LogP contribution in [0.1, 0.15) is 28.4 Å². The fourth-order valence-corrected chi connectivity index (χ4v) is 3.40. The summed E-state index contributed by atoms with van der Waals surface area (Å²) in [6.45, 7) is 1.33. The van der Waals surface area contributed by atoms with Crippen molar-refractivity contribution in [2.24, 2.45) is 0 Å². The highest BCUT2D eigenvalue weighted by atomic mass is 16.2. The van der Waals surface area contributed by atoms with Crippen molar-refractivity contribution >= 4 is 16.7 Å². The molecule has 0 saturated carbocycles. The van der Waals surface area contributed by atoms with E-state index >= 15 is 0 Å². The molecule has 1 aliphatic heterocycles. The van der Waals surface area contributed by atoms with Crippen LogP contribution in [0.25, 0.3) is 10.8 Å². The maximum absolute atomic E-state index is 12.9. The Morgan fingerprint density at radius 3 is 2.83 bits per heavy atom. The highest BCUT2D eigenvalue weighted by molar-refractivity contribution is 6.11. The second-order valence-electron chi connectivity index (χ2n) is 5.94. The molecule has 1 unspecified atom stereocenters. The third kappa shape index (κ3) is 2.24. The number of rotatable bonds is 4. The maximum atomic E-state index is 12.9. The summed E-state index contributed by atoms with van der Waals surface area (Å²) in [6, 6.07) is 13.5. The van der Waals surface area contributed by atoms with Crippen LogP contribution in [0.15, 0.2) is 55.1 Å². The average Bonchev–Trinajstić information content (AvgIpc) is 3.22. The van der Waals surface area contributed by atoms with Crippen molar-refractivity contribution in [3.05, 3.63) is 66.2 Å². The van der Waals surface area contributed by atoms with Gasteiger partial charge in [-0.25, -0.2) is 4.98 Å². The fourth-order valence-electron chi connectivity index (χ4n) is 3.40. The molecule has 1 amide bonds. The normalized spacial score (nSPS) is 16.4. The predicted molar refractivity (Wildman–Crippen MR) is 90.2 cm³/mol. The van der Waals surface area contributed by atoms with Gasteiger partial charge in [0.15, 0.2) is 0 Å². The molecule has 3 aromatic rings. The van der Waals surface area contributed by atoms with Crippen molar-refractivity contribution in [2.75, 3.05) is 6.54 Å². The van der Waals surface area contributed by atoms with Crippen LogP contribution in [-0.4, -0.2) is 26.9 Å². The summed E-state index contributed by atoms with van der Waals surface area (Å²) >= 11 is 0. The van der Waals surface area contributed by atoms with Crippen molar-refractivity contribution in [3.63, 3.8) is 0 Å². The first-order valence-corrected chi connectivity index (χ1v) is 7.97. The van der Waals surface area contributed by atoms with Gasteiger partial charge in [0, 0.05) is 31.0 Å². The number of hydrogen-bond donors (Lipinski definition) is 0. The first-order chi connectivity index (χ1) is 11.8. The lowest BCUT2D eigenvalue weighted by Gasteiger charge is -2.20. The third-order valence-electron chi connectivity index (χ3n) is 4.54. The topological polar surface area (TPSA) is 61.9 Å². The van der Waals surface area contributed by atoms with Crippen molar-refractivity contribution in [1.82, 2.24) is 14.5 Å². The number of nitrogens with zero attached hydrogens (tertiary/aromatic N) is 4. The van der Waals surface area contributed by atoms with Gasteiger partial charge in [-0.15, -0.1) is 0 Å². The van der Waals surface area contributed by atoms with E-state index in [0.29, 0.717) is 12.1 Å². The summed E-state index contributed by atoms with van der Waals surface area (Å²) in [5.41, 5.74) is 1.51. The van der Waals surface area contributed by atoms with Crippen molar-refractivity contribution in [3.8, 4) is 6.07 Å². The smallest absolute Gasteiger partial charge is 0.256 e. The van der Waals surface area contributed by atoms with Crippen LogP contribution in [0.4, 0.5) is 0 Å². The maximum Gasteiger partial charge on any atom is 0.256 e. The molecule has 1 aliphatic rings. The number of hydrogen-bond acceptors (Lipinski definition) is 3. The molecule has 0 radical (unpaired) electrons. The van der Waals surface area contributed by atoms with Crippen LogP contribution in [-0.2, 0) is 6.54 Å². The minimum Gasteiger partial charge on any atom is -0.337 e. The van der Waals surface area contributed by atoms with Crippen LogP contribution in [0.3, 0.4) is 0 Å². The molecular formula is C19H16N4O. The van der Waals surface area contributed by atoms with E-state index in [1.54, 1.807) is 17.4 Å². The molecule has 0 bridgehead atoms. The van der Waals surface area contributed by atoms with Crippen molar-refractivity contribution < 1.29 is 4.79 Å². The Morgan fingerprint density at radius 2 is 2.04 bits per heavy atom. The number of aromatic nitrogens is 2. The number of imidazole rings is 1. The van der Waals surface area contributed by atoms with Gasteiger partial charge in [0.1, 0.15) is 6.04 Å². The van der Waals surface area contributed by atoms with Crippen LogP contribution in [0.2, 0.25) is 0 Å².